The van der Waals surface area contributed by atoms with E-state index in [2.05, 4.69) is 39.8 Å². The van der Waals surface area contributed by atoms with Gasteiger partial charge in [-0.1, -0.05) is 18.2 Å². The molecule has 0 amide bonds. The molecule has 1 saturated heterocycles. The summed E-state index contributed by atoms with van der Waals surface area (Å²) in [6.07, 6.45) is 0.226. The number of nitrogens with zero attached hydrogens (tertiary/aromatic N) is 2. The first kappa shape index (κ1) is 13.8. The lowest BCUT2D eigenvalue weighted by Gasteiger charge is -2.38. The molecule has 0 radical (unpaired) electrons. The van der Waals surface area contributed by atoms with Crippen LogP contribution in [0.3, 0.4) is 0 Å². The average Bonchev–Trinajstić information content (AvgIpc) is 2.41. The van der Waals surface area contributed by atoms with Crippen LogP contribution in [-0.4, -0.2) is 49.8 Å². The second-order valence-corrected chi connectivity index (χ2v) is 4.81. The summed E-state index contributed by atoms with van der Waals surface area (Å²) < 4.78 is 4.98. The second-order valence-electron chi connectivity index (χ2n) is 4.81. The van der Waals surface area contributed by atoms with E-state index in [0.717, 1.165) is 26.2 Å². The van der Waals surface area contributed by atoms with E-state index in [1.54, 1.807) is 0 Å². The van der Waals surface area contributed by atoms with E-state index in [-0.39, 0.29) is 12.1 Å². The van der Waals surface area contributed by atoms with Crippen molar-refractivity contribution in [2.75, 3.05) is 37.7 Å². The predicted octanol–water partition coefficient (Wildman–Crippen LogP) is -0.0603. The number of para-hydroxylation sites is 1. The molecular weight excluding hydrogens is 242 g/mol. The van der Waals surface area contributed by atoms with Crippen LogP contribution in [0.5, 0.6) is 0 Å². The minimum absolute atomic E-state index is 0.219. The molecule has 1 aliphatic rings. The summed E-state index contributed by atoms with van der Waals surface area (Å²) in [5, 5.41) is 0. The second kappa shape index (κ2) is 6.54. The van der Waals surface area contributed by atoms with Gasteiger partial charge in [-0.25, -0.2) is 4.90 Å². The molecule has 5 heteroatoms. The van der Waals surface area contributed by atoms with Gasteiger partial charge in [0.15, 0.2) is 6.17 Å². The van der Waals surface area contributed by atoms with Gasteiger partial charge in [0, 0.05) is 32.2 Å². The van der Waals surface area contributed by atoms with Crippen LogP contribution in [0.1, 0.15) is 6.92 Å². The van der Waals surface area contributed by atoms with Crippen molar-refractivity contribution >= 4 is 11.7 Å². The molecule has 5 nitrogen and oxygen atoms in total. The lowest BCUT2D eigenvalue weighted by Crippen LogP contribution is -2.75. The van der Waals surface area contributed by atoms with E-state index >= 15 is 0 Å². The third-order valence-corrected chi connectivity index (χ3v) is 3.41. The highest BCUT2D eigenvalue weighted by atomic mass is 16.5. The molecule has 19 heavy (non-hydrogen) atoms. The zero-order valence-corrected chi connectivity index (χ0v) is 11.4. The summed E-state index contributed by atoms with van der Waals surface area (Å²) in [6.45, 7) is 5.49. The number of carbonyl (C=O) groups is 1. The summed E-state index contributed by atoms with van der Waals surface area (Å²) >= 11 is 0. The Morgan fingerprint density at radius 3 is 2.74 bits per heavy atom. The van der Waals surface area contributed by atoms with Gasteiger partial charge in [-0.2, -0.15) is 0 Å². The number of piperazine rings is 1. The molecule has 1 unspecified atom stereocenters. The lowest BCUT2D eigenvalue weighted by molar-refractivity contribution is -0.456. The number of hydrogen-bond acceptors (Lipinski definition) is 4. The molecule has 2 rings (SSSR count). The van der Waals surface area contributed by atoms with Crippen molar-refractivity contribution in [3.8, 4) is 0 Å². The quantitative estimate of drug-likeness (QED) is 0.774. The largest absolute Gasteiger partial charge is 0.465 e. The van der Waals surface area contributed by atoms with Crippen molar-refractivity contribution in [2.24, 2.45) is 0 Å². The van der Waals surface area contributed by atoms with E-state index in [9.17, 15) is 4.79 Å². The van der Waals surface area contributed by atoms with Gasteiger partial charge in [-0.3, -0.25) is 4.79 Å². The van der Waals surface area contributed by atoms with E-state index in [1.165, 1.54) is 12.6 Å². The van der Waals surface area contributed by atoms with E-state index < -0.39 is 0 Å². The monoisotopic (exact) mass is 264 g/mol. The van der Waals surface area contributed by atoms with E-state index in [1.807, 2.05) is 6.07 Å². The smallest absolute Gasteiger partial charge is 0.302 e. The number of benzene rings is 1. The summed E-state index contributed by atoms with van der Waals surface area (Å²) in [5.74, 6) is -0.219. The van der Waals surface area contributed by atoms with Crippen molar-refractivity contribution in [1.82, 2.24) is 4.90 Å². The maximum atomic E-state index is 10.7. The fourth-order valence-electron chi connectivity index (χ4n) is 2.37. The van der Waals surface area contributed by atoms with E-state index in [0.29, 0.717) is 6.61 Å². The van der Waals surface area contributed by atoms with Gasteiger partial charge in [-0.15, -0.1) is 0 Å². The molecule has 1 aromatic carbocycles. The first-order chi connectivity index (χ1) is 9.16. The molecule has 0 bridgehead atoms. The number of carbonyl (C=O) groups excluding carboxylic acids is 1. The number of ether oxygens (including phenoxy) is 1. The number of rotatable bonds is 4. The van der Waals surface area contributed by atoms with Gasteiger partial charge in [0.25, 0.3) is 0 Å². The first-order valence-corrected chi connectivity index (χ1v) is 6.67. The molecule has 0 aromatic heterocycles. The Balaban J connectivity index is 1.83. The zero-order valence-electron chi connectivity index (χ0n) is 11.4. The molecule has 104 valence electrons. The van der Waals surface area contributed by atoms with Crippen LogP contribution >= 0.6 is 0 Å². The Kier molecular flexibility index (Phi) is 4.76. The SMILES string of the molecule is CC(=O)OCCN1CCN(c2ccccc2)CC1[NH3+]. The van der Waals surface area contributed by atoms with Crippen LogP contribution in [0.2, 0.25) is 0 Å². The number of hydrogen-bond donors (Lipinski definition) is 1. The summed E-state index contributed by atoms with van der Waals surface area (Å²) in [4.78, 5) is 15.4. The van der Waals surface area contributed by atoms with Gasteiger partial charge in [0.1, 0.15) is 6.61 Å². The van der Waals surface area contributed by atoms with Crippen molar-refractivity contribution < 1.29 is 15.3 Å². The minimum Gasteiger partial charge on any atom is -0.465 e. The lowest BCUT2D eigenvalue weighted by atomic mass is 10.2. The maximum Gasteiger partial charge on any atom is 0.302 e. The van der Waals surface area contributed by atoms with Gasteiger partial charge in [0.2, 0.25) is 0 Å². The molecule has 0 aliphatic carbocycles. The normalized spacial score (nSPS) is 20.3. The van der Waals surface area contributed by atoms with Crippen molar-refractivity contribution in [3.05, 3.63) is 30.3 Å². The minimum atomic E-state index is -0.219. The first-order valence-electron chi connectivity index (χ1n) is 6.67. The Labute approximate surface area is 113 Å². The molecule has 1 heterocycles. The summed E-state index contributed by atoms with van der Waals surface area (Å²) in [7, 11) is 0. The molecule has 1 aromatic rings. The molecule has 0 saturated carbocycles. The zero-order chi connectivity index (χ0) is 13.7. The number of anilines is 1. The van der Waals surface area contributed by atoms with Crippen LogP contribution < -0.4 is 10.6 Å². The molecule has 1 atom stereocenters. The van der Waals surface area contributed by atoms with Crippen LogP contribution in [0, 0.1) is 0 Å². The van der Waals surface area contributed by atoms with Gasteiger partial charge >= 0.3 is 5.97 Å². The third-order valence-electron chi connectivity index (χ3n) is 3.41. The van der Waals surface area contributed by atoms with Crippen molar-refractivity contribution in [3.63, 3.8) is 0 Å². The third kappa shape index (κ3) is 3.94. The molecule has 0 spiro atoms. The Bertz CT molecular complexity index is 410. The van der Waals surface area contributed by atoms with Gasteiger partial charge in [0.05, 0.1) is 6.54 Å². The Morgan fingerprint density at radius 1 is 1.37 bits per heavy atom. The topological polar surface area (TPSA) is 60.4 Å². The van der Waals surface area contributed by atoms with Crippen LogP contribution in [0.25, 0.3) is 0 Å². The van der Waals surface area contributed by atoms with Crippen molar-refractivity contribution in [1.29, 1.82) is 0 Å². The van der Waals surface area contributed by atoms with Gasteiger partial charge < -0.3 is 15.4 Å². The van der Waals surface area contributed by atoms with Crippen LogP contribution in [0.4, 0.5) is 5.69 Å². The average molecular weight is 264 g/mol. The predicted molar refractivity (Wildman–Crippen MR) is 73.5 cm³/mol. The Hall–Kier alpha value is -1.59. The highest BCUT2D eigenvalue weighted by Crippen LogP contribution is 2.16. The highest BCUT2D eigenvalue weighted by Gasteiger charge is 2.26. The molecule has 1 fully saturated rings. The van der Waals surface area contributed by atoms with Crippen molar-refractivity contribution in [2.45, 2.75) is 13.1 Å². The molecule has 3 N–H and O–H groups in total. The van der Waals surface area contributed by atoms with Gasteiger partial charge in [-0.05, 0) is 12.1 Å². The summed E-state index contributed by atoms with van der Waals surface area (Å²) in [5.41, 5.74) is 5.44. The highest BCUT2D eigenvalue weighted by molar-refractivity contribution is 5.65. The number of quaternary nitrogens is 1. The standard InChI is InChI=1S/C14H21N3O2/c1-12(18)19-10-9-16-7-8-17(11-14(16)15)13-5-3-2-4-6-13/h2-6,14H,7-11,15H2,1H3/p+1. The van der Waals surface area contributed by atoms with Crippen LogP contribution in [0.15, 0.2) is 30.3 Å². The summed E-state index contributed by atoms with van der Waals surface area (Å²) in [6, 6.07) is 10.4. The molecular formula is C14H22N3O2+. The number of esters is 1. The molecule has 1 aliphatic heterocycles. The van der Waals surface area contributed by atoms with E-state index in [4.69, 9.17) is 4.74 Å². The fraction of sp³-hybridized carbons (Fsp3) is 0.500. The Morgan fingerprint density at radius 2 is 2.11 bits per heavy atom. The fourth-order valence-corrected chi connectivity index (χ4v) is 2.37. The maximum absolute atomic E-state index is 10.7. The van der Waals surface area contributed by atoms with Crippen LogP contribution in [-0.2, 0) is 9.53 Å².